The van der Waals surface area contributed by atoms with Gasteiger partial charge in [-0.1, -0.05) is 29.8 Å². The summed E-state index contributed by atoms with van der Waals surface area (Å²) in [6, 6.07) is 12.2. The molecular weight excluding hydrogens is 317 g/mol. The minimum atomic E-state index is -1.03. The van der Waals surface area contributed by atoms with Gasteiger partial charge >= 0.3 is 0 Å². The number of benzene rings is 2. The number of halogens is 1. The molecule has 0 spiro atoms. The minimum absolute atomic E-state index is 0.0850. The smallest absolute Gasteiger partial charge is 0.129 e. The predicted molar refractivity (Wildman–Crippen MR) is 95.8 cm³/mol. The Morgan fingerprint density at radius 1 is 1.28 bits per heavy atom. The van der Waals surface area contributed by atoms with Crippen molar-refractivity contribution in [1.82, 2.24) is 4.98 Å². The van der Waals surface area contributed by atoms with Gasteiger partial charge in [0.1, 0.15) is 11.9 Å². The van der Waals surface area contributed by atoms with Crippen molar-refractivity contribution in [2.75, 3.05) is 11.9 Å². The van der Waals surface area contributed by atoms with E-state index in [9.17, 15) is 14.8 Å². The number of hydrogen-bond donors (Lipinski definition) is 2. The summed E-state index contributed by atoms with van der Waals surface area (Å²) in [5, 5.41) is 23.6. The zero-order chi connectivity index (χ0) is 18.0. The van der Waals surface area contributed by atoms with Crippen molar-refractivity contribution < 1.29 is 9.50 Å². The average Bonchev–Trinajstić information content (AvgIpc) is 2.59. The Hall–Kier alpha value is -2.97. The van der Waals surface area contributed by atoms with Gasteiger partial charge in [-0.2, -0.15) is 5.26 Å². The summed E-state index contributed by atoms with van der Waals surface area (Å²) >= 11 is 0. The van der Waals surface area contributed by atoms with E-state index in [1.807, 2.05) is 26.0 Å². The van der Waals surface area contributed by atoms with Gasteiger partial charge in [0.2, 0.25) is 0 Å². The van der Waals surface area contributed by atoms with Crippen molar-refractivity contribution in [2.24, 2.45) is 0 Å². The van der Waals surface area contributed by atoms with E-state index in [1.54, 1.807) is 18.2 Å². The molecule has 0 bridgehead atoms. The molecule has 0 aliphatic carbocycles. The van der Waals surface area contributed by atoms with E-state index >= 15 is 0 Å². The molecule has 1 unspecified atom stereocenters. The van der Waals surface area contributed by atoms with Crippen LogP contribution < -0.4 is 5.32 Å². The summed E-state index contributed by atoms with van der Waals surface area (Å²) in [6.45, 7) is 4.03. The van der Waals surface area contributed by atoms with Gasteiger partial charge in [-0.15, -0.1) is 0 Å². The van der Waals surface area contributed by atoms with Crippen molar-refractivity contribution in [3.8, 4) is 6.07 Å². The quantitative estimate of drug-likeness (QED) is 0.756. The van der Waals surface area contributed by atoms with Gasteiger partial charge in [0.25, 0.3) is 0 Å². The van der Waals surface area contributed by atoms with Crippen molar-refractivity contribution in [1.29, 1.82) is 5.26 Å². The first kappa shape index (κ1) is 16.9. The number of hydrogen-bond acceptors (Lipinski definition) is 4. The lowest BCUT2D eigenvalue weighted by atomic mass is 10.0. The van der Waals surface area contributed by atoms with E-state index in [4.69, 9.17) is 0 Å². The predicted octanol–water partition coefficient (Wildman–Crippen LogP) is 4.01. The highest BCUT2D eigenvalue weighted by atomic mass is 19.1. The maximum Gasteiger partial charge on any atom is 0.129 e. The standard InChI is InChI=1S/C20H18FN3O/c1-12-7-13(2)19-16(8-12)20(14(9-22)10-23-19)24-11-18(25)15-5-3-4-6-17(15)21/h3-8,10,18,25H,11H2,1-2H3,(H,23,24). The number of rotatable bonds is 4. The topological polar surface area (TPSA) is 68.9 Å². The SMILES string of the molecule is Cc1cc(C)c2ncc(C#N)c(NCC(O)c3ccccc3F)c2c1. The number of anilines is 1. The van der Waals surface area contributed by atoms with Crippen LogP contribution in [0.4, 0.5) is 10.1 Å². The lowest BCUT2D eigenvalue weighted by Crippen LogP contribution is -2.14. The second-order valence-corrected chi connectivity index (χ2v) is 6.05. The maximum atomic E-state index is 13.8. The molecular formula is C20H18FN3O. The number of aryl methyl sites for hydroxylation is 2. The summed E-state index contributed by atoms with van der Waals surface area (Å²) in [6.07, 6.45) is 0.490. The number of aromatic nitrogens is 1. The third kappa shape index (κ3) is 3.30. The summed E-state index contributed by atoms with van der Waals surface area (Å²) in [5.41, 5.74) is 4.08. The van der Waals surface area contributed by atoms with Gasteiger partial charge in [0.05, 0.1) is 22.9 Å². The molecule has 1 heterocycles. The van der Waals surface area contributed by atoms with Crippen LogP contribution in [-0.2, 0) is 0 Å². The second kappa shape index (κ2) is 6.88. The van der Waals surface area contributed by atoms with Gasteiger partial charge in [-0.3, -0.25) is 4.98 Å². The fourth-order valence-electron chi connectivity index (χ4n) is 2.99. The molecule has 4 nitrogen and oxygen atoms in total. The molecule has 2 N–H and O–H groups in total. The molecule has 5 heteroatoms. The largest absolute Gasteiger partial charge is 0.386 e. The Morgan fingerprint density at radius 2 is 2.04 bits per heavy atom. The average molecular weight is 335 g/mol. The zero-order valence-corrected chi connectivity index (χ0v) is 14.0. The second-order valence-electron chi connectivity index (χ2n) is 6.05. The molecule has 0 aliphatic rings. The first-order valence-corrected chi connectivity index (χ1v) is 7.97. The molecule has 0 amide bonds. The van der Waals surface area contributed by atoms with Gasteiger partial charge in [-0.25, -0.2) is 4.39 Å². The monoisotopic (exact) mass is 335 g/mol. The van der Waals surface area contributed by atoms with E-state index in [1.165, 1.54) is 12.3 Å². The number of aliphatic hydroxyl groups excluding tert-OH is 1. The summed E-state index contributed by atoms with van der Waals surface area (Å²) in [4.78, 5) is 4.37. The number of nitriles is 1. The molecule has 126 valence electrons. The maximum absolute atomic E-state index is 13.8. The summed E-state index contributed by atoms with van der Waals surface area (Å²) < 4.78 is 13.8. The third-order valence-electron chi connectivity index (χ3n) is 4.16. The molecule has 3 rings (SSSR count). The lowest BCUT2D eigenvalue weighted by molar-refractivity contribution is 0.186. The molecule has 0 aliphatic heterocycles. The van der Waals surface area contributed by atoms with Crippen LogP contribution in [0.25, 0.3) is 10.9 Å². The lowest BCUT2D eigenvalue weighted by Gasteiger charge is -2.17. The van der Waals surface area contributed by atoms with Crippen LogP contribution in [0.5, 0.6) is 0 Å². The molecule has 1 atom stereocenters. The Morgan fingerprint density at radius 3 is 2.76 bits per heavy atom. The highest BCUT2D eigenvalue weighted by molar-refractivity contribution is 5.96. The van der Waals surface area contributed by atoms with E-state index < -0.39 is 11.9 Å². The molecule has 25 heavy (non-hydrogen) atoms. The van der Waals surface area contributed by atoms with Gasteiger partial charge < -0.3 is 10.4 Å². The van der Waals surface area contributed by atoms with E-state index in [0.717, 1.165) is 22.0 Å². The fraction of sp³-hybridized carbons (Fsp3) is 0.200. The Kier molecular flexibility index (Phi) is 4.64. The highest BCUT2D eigenvalue weighted by Gasteiger charge is 2.15. The van der Waals surface area contributed by atoms with E-state index in [0.29, 0.717) is 11.3 Å². The summed E-state index contributed by atoms with van der Waals surface area (Å²) in [7, 11) is 0. The van der Waals surface area contributed by atoms with Gasteiger partial charge in [0, 0.05) is 23.7 Å². The molecule has 0 fully saturated rings. The van der Waals surface area contributed by atoms with Crippen LogP contribution in [-0.4, -0.2) is 16.6 Å². The van der Waals surface area contributed by atoms with Crippen molar-refractivity contribution in [3.05, 3.63) is 70.7 Å². The fourth-order valence-corrected chi connectivity index (χ4v) is 2.99. The number of nitrogens with one attached hydrogen (secondary N) is 1. The van der Waals surface area contributed by atoms with Crippen molar-refractivity contribution in [3.63, 3.8) is 0 Å². The van der Waals surface area contributed by atoms with E-state index in [-0.39, 0.29) is 12.1 Å². The molecule has 0 saturated heterocycles. The van der Waals surface area contributed by atoms with Crippen molar-refractivity contribution in [2.45, 2.75) is 20.0 Å². The molecule has 0 radical (unpaired) electrons. The molecule has 2 aromatic carbocycles. The van der Waals surface area contributed by atoms with Crippen LogP contribution in [0, 0.1) is 31.0 Å². The molecule has 3 aromatic rings. The number of nitrogens with zero attached hydrogens (tertiary/aromatic N) is 2. The van der Waals surface area contributed by atoms with Gasteiger partial charge in [-0.05, 0) is 31.5 Å². The van der Waals surface area contributed by atoms with Crippen molar-refractivity contribution >= 4 is 16.6 Å². The Balaban J connectivity index is 1.98. The van der Waals surface area contributed by atoms with E-state index in [2.05, 4.69) is 16.4 Å². The minimum Gasteiger partial charge on any atom is -0.386 e. The van der Waals surface area contributed by atoms with Gasteiger partial charge in [0.15, 0.2) is 0 Å². The molecule has 1 aromatic heterocycles. The number of aliphatic hydroxyl groups is 1. The Bertz CT molecular complexity index is 979. The normalized spacial score (nSPS) is 12.0. The number of pyridine rings is 1. The van der Waals surface area contributed by atoms with Crippen LogP contribution in [0.1, 0.15) is 28.4 Å². The van der Waals surface area contributed by atoms with Crippen LogP contribution in [0.2, 0.25) is 0 Å². The molecule has 0 saturated carbocycles. The van der Waals surface area contributed by atoms with Crippen LogP contribution in [0.3, 0.4) is 0 Å². The third-order valence-corrected chi connectivity index (χ3v) is 4.16. The Labute approximate surface area is 145 Å². The number of fused-ring (bicyclic) bond motifs is 1. The van der Waals surface area contributed by atoms with Crippen LogP contribution >= 0.6 is 0 Å². The summed E-state index contributed by atoms with van der Waals surface area (Å²) in [5.74, 6) is -0.455. The van der Waals surface area contributed by atoms with Crippen LogP contribution in [0.15, 0.2) is 42.6 Å². The zero-order valence-electron chi connectivity index (χ0n) is 14.0. The highest BCUT2D eigenvalue weighted by Crippen LogP contribution is 2.29. The first-order chi connectivity index (χ1) is 12.0. The first-order valence-electron chi connectivity index (χ1n) is 7.97.